The second-order valence-corrected chi connectivity index (χ2v) is 6.50. The molecule has 1 aromatic carbocycles. The number of carbonyl (C=O) groups is 1. The van der Waals surface area contributed by atoms with Gasteiger partial charge >= 0.3 is 0 Å². The Balaban J connectivity index is 1.97. The molecule has 0 bridgehead atoms. The van der Waals surface area contributed by atoms with Crippen LogP contribution in [0.3, 0.4) is 0 Å². The number of rotatable bonds is 7. The van der Waals surface area contributed by atoms with Gasteiger partial charge in [0.05, 0.1) is 11.3 Å². The molecule has 1 unspecified atom stereocenters. The van der Waals surface area contributed by atoms with Gasteiger partial charge in [-0.2, -0.15) is 5.10 Å². The summed E-state index contributed by atoms with van der Waals surface area (Å²) in [4.78, 5) is 16.2. The molecular formula is C17H24N4O2. The number of nitrogens with zero attached hydrogens (tertiary/aromatic N) is 3. The van der Waals surface area contributed by atoms with E-state index in [2.05, 4.69) is 29.2 Å². The Morgan fingerprint density at radius 1 is 1.43 bits per heavy atom. The van der Waals surface area contributed by atoms with Crippen molar-refractivity contribution in [3.8, 4) is 5.69 Å². The van der Waals surface area contributed by atoms with Crippen LogP contribution in [0, 0.1) is 5.92 Å². The summed E-state index contributed by atoms with van der Waals surface area (Å²) in [7, 11) is 0. The van der Waals surface area contributed by atoms with Crippen molar-refractivity contribution in [2.75, 3.05) is 6.54 Å². The Morgan fingerprint density at radius 2 is 2.22 bits per heavy atom. The molecule has 0 aliphatic rings. The summed E-state index contributed by atoms with van der Waals surface area (Å²) >= 11 is 0. The Morgan fingerprint density at radius 3 is 2.87 bits per heavy atom. The summed E-state index contributed by atoms with van der Waals surface area (Å²) in [5, 5.41) is 17.2. The van der Waals surface area contributed by atoms with Gasteiger partial charge in [0.1, 0.15) is 12.7 Å². The van der Waals surface area contributed by atoms with Crippen molar-refractivity contribution in [3.05, 3.63) is 42.5 Å². The van der Waals surface area contributed by atoms with Crippen molar-refractivity contribution in [3.63, 3.8) is 0 Å². The zero-order valence-corrected chi connectivity index (χ0v) is 13.9. The molecule has 0 radical (unpaired) electrons. The highest BCUT2D eigenvalue weighted by atomic mass is 16.3. The van der Waals surface area contributed by atoms with Gasteiger partial charge in [0.15, 0.2) is 0 Å². The first-order chi connectivity index (χ1) is 10.9. The quantitative estimate of drug-likeness (QED) is 0.820. The van der Waals surface area contributed by atoms with Gasteiger partial charge in [-0.05, 0) is 43.9 Å². The van der Waals surface area contributed by atoms with E-state index in [1.807, 2.05) is 6.07 Å². The fourth-order valence-corrected chi connectivity index (χ4v) is 2.19. The van der Waals surface area contributed by atoms with Gasteiger partial charge < -0.3 is 10.4 Å². The van der Waals surface area contributed by atoms with Crippen LogP contribution < -0.4 is 5.32 Å². The molecule has 124 valence electrons. The summed E-state index contributed by atoms with van der Waals surface area (Å²) in [6, 6.07) is 7.12. The van der Waals surface area contributed by atoms with E-state index in [1.54, 1.807) is 36.1 Å². The molecule has 0 aliphatic carbocycles. The van der Waals surface area contributed by atoms with Crippen LogP contribution >= 0.6 is 0 Å². The predicted molar refractivity (Wildman–Crippen MR) is 88.4 cm³/mol. The van der Waals surface area contributed by atoms with Crippen LogP contribution in [0.1, 0.15) is 44.0 Å². The number of amides is 1. The lowest BCUT2D eigenvalue weighted by atomic mass is 9.95. The first kappa shape index (κ1) is 17.1. The van der Waals surface area contributed by atoms with Crippen LogP contribution in [0.15, 0.2) is 36.9 Å². The smallest absolute Gasteiger partial charge is 0.251 e. The van der Waals surface area contributed by atoms with Crippen LogP contribution in [0.25, 0.3) is 5.69 Å². The van der Waals surface area contributed by atoms with E-state index in [-0.39, 0.29) is 12.5 Å². The average Bonchev–Trinajstić information content (AvgIpc) is 3.05. The molecule has 0 spiro atoms. The highest BCUT2D eigenvalue weighted by Crippen LogP contribution is 2.16. The molecule has 0 aliphatic heterocycles. The number of benzene rings is 1. The van der Waals surface area contributed by atoms with Crippen LogP contribution in [0.5, 0.6) is 0 Å². The summed E-state index contributed by atoms with van der Waals surface area (Å²) in [5.41, 5.74) is 0.392. The third kappa shape index (κ3) is 5.17. The van der Waals surface area contributed by atoms with E-state index in [4.69, 9.17) is 0 Å². The lowest BCUT2D eigenvalue weighted by Crippen LogP contribution is -2.40. The number of carbonyl (C=O) groups excluding carboxylic acids is 1. The normalized spacial score (nSPS) is 13.8. The molecule has 1 aromatic heterocycles. The Bertz CT molecular complexity index is 636. The largest absolute Gasteiger partial charge is 0.388 e. The van der Waals surface area contributed by atoms with Crippen LogP contribution in [0.4, 0.5) is 0 Å². The molecule has 2 N–H and O–H groups in total. The maximum Gasteiger partial charge on any atom is 0.251 e. The maximum atomic E-state index is 12.3. The fourth-order valence-electron chi connectivity index (χ4n) is 2.19. The third-order valence-corrected chi connectivity index (χ3v) is 3.68. The molecule has 6 heteroatoms. The highest BCUT2D eigenvalue weighted by Gasteiger charge is 2.21. The summed E-state index contributed by atoms with van der Waals surface area (Å²) in [6.45, 7) is 6.21. The number of aromatic nitrogens is 3. The standard InChI is InChI=1S/C17H24N4O2/c1-13(2)7-8-17(3,23)10-19-16(22)14-5-4-6-15(9-14)21-12-18-11-20-21/h4-6,9,11-13,23H,7-8,10H2,1-3H3,(H,19,22). The molecule has 1 atom stereocenters. The minimum absolute atomic E-state index is 0.211. The zero-order valence-electron chi connectivity index (χ0n) is 13.9. The van der Waals surface area contributed by atoms with Crippen molar-refractivity contribution in [1.82, 2.24) is 20.1 Å². The minimum atomic E-state index is -0.899. The van der Waals surface area contributed by atoms with Crippen LogP contribution in [-0.2, 0) is 0 Å². The monoisotopic (exact) mass is 316 g/mol. The van der Waals surface area contributed by atoms with Gasteiger partial charge in [0, 0.05) is 12.1 Å². The van der Waals surface area contributed by atoms with Crippen molar-refractivity contribution >= 4 is 5.91 Å². The third-order valence-electron chi connectivity index (χ3n) is 3.68. The summed E-state index contributed by atoms with van der Waals surface area (Å²) in [5.74, 6) is 0.313. The van der Waals surface area contributed by atoms with E-state index < -0.39 is 5.60 Å². The van der Waals surface area contributed by atoms with Crippen LogP contribution in [0.2, 0.25) is 0 Å². The molecular weight excluding hydrogens is 292 g/mol. The Labute approximate surface area is 136 Å². The molecule has 6 nitrogen and oxygen atoms in total. The summed E-state index contributed by atoms with van der Waals surface area (Å²) < 4.78 is 1.59. The predicted octanol–water partition coefficient (Wildman–Crippen LogP) is 2.18. The van der Waals surface area contributed by atoms with E-state index in [9.17, 15) is 9.90 Å². The van der Waals surface area contributed by atoms with Gasteiger partial charge in [-0.3, -0.25) is 4.79 Å². The average molecular weight is 316 g/mol. The van der Waals surface area contributed by atoms with Gasteiger partial charge in [-0.15, -0.1) is 0 Å². The molecule has 23 heavy (non-hydrogen) atoms. The molecule has 1 amide bonds. The number of hydrogen-bond donors (Lipinski definition) is 2. The molecule has 0 fully saturated rings. The fraction of sp³-hybridized carbons (Fsp3) is 0.471. The number of aliphatic hydroxyl groups is 1. The first-order valence-corrected chi connectivity index (χ1v) is 7.83. The minimum Gasteiger partial charge on any atom is -0.388 e. The second-order valence-electron chi connectivity index (χ2n) is 6.50. The Hall–Kier alpha value is -2.21. The second kappa shape index (κ2) is 7.37. The van der Waals surface area contributed by atoms with Crippen molar-refractivity contribution in [2.45, 2.75) is 39.2 Å². The summed E-state index contributed by atoms with van der Waals surface area (Å²) in [6.07, 6.45) is 4.60. The SMILES string of the molecule is CC(C)CCC(C)(O)CNC(=O)c1cccc(-n2cncn2)c1. The zero-order chi connectivity index (χ0) is 16.9. The van der Waals surface area contributed by atoms with E-state index in [0.717, 1.165) is 12.1 Å². The number of hydrogen-bond acceptors (Lipinski definition) is 4. The molecule has 2 aromatic rings. The highest BCUT2D eigenvalue weighted by molar-refractivity contribution is 5.94. The van der Waals surface area contributed by atoms with Gasteiger partial charge in [0.2, 0.25) is 0 Å². The molecule has 1 heterocycles. The lowest BCUT2D eigenvalue weighted by molar-refractivity contribution is 0.0429. The van der Waals surface area contributed by atoms with E-state index in [1.165, 1.54) is 6.33 Å². The maximum absolute atomic E-state index is 12.3. The van der Waals surface area contributed by atoms with Gasteiger partial charge in [-0.1, -0.05) is 19.9 Å². The van der Waals surface area contributed by atoms with E-state index >= 15 is 0 Å². The lowest BCUT2D eigenvalue weighted by Gasteiger charge is -2.24. The topological polar surface area (TPSA) is 80.0 Å². The molecule has 0 saturated carbocycles. The van der Waals surface area contributed by atoms with E-state index in [0.29, 0.717) is 17.9 Å². The Kier molecular flexibility index (Phi) is 5.50. The number of nitrogens with one attached hydrogen (secondary N) is 1. The first-order valence-electron chi connectivity index (χ1n) is 7.83. The van der Waals surface area contributed by atoms with Crippen molar-refractivity contribution in [1.29, 1.82) is 0 Å². The van der Waals surface area contributed by atoms with Crippen molar-refractivity contribution < 1.29 is 9.90 Å². The van der Waals surface area contributed by atoms with Gasteiger partial charge in [0.25, 0.3) is 5.91 Å². The van der Waals surface area contributed by atoms with Gasteiger partial charge in [-0.25, -0.2) is 9.67 Å². The molecule has 2 rings (SSSR count). The van der Waals surface area contributed by atoms with Crippen molar-refractivity contribution in [2.24, 2.45) is 5.92 Å². The van der Waals surface area contributed by atoms with Crippen LogP contribution in [-0.4, -0.2) is 37.9 Å². The molecule has 0 saturated heterocycles.